The number of benzene rings is 2. The van der Waals surface area contributed by atoms with Crippen molar-refractivity contribution >= 4 is 11.9 Å². The van der Waals surface area contributed by atoms with Crippen LogP contribution in [0.5, 0.6) is 5.75 Å². The Labute approximate surface area is 185 Å². The average molecular weight is 424 g/mol. The lowest BCUT2D eigenvalue weighted by Gasteiger charge is -2.24. The molecule has 0 aliphatic carbocycles. The number of urea groups is 1. The van der Waals surface area contributed by atoms with Crippen molar-refractivity contribution in [3.8, 4) is 5.75 Å². The number of carbonyl (C=O) groups is 2. The summed E-state index contributed by atoms with van der Waals surface area (Å²) in [5.74, 6) is 0.577. The fourth-order valence-corrected chi connectivity index (χ4v) is 3.89. The Hall–Kier alpha value is -3.02. The van der Waals surface area contributed by atoms with E-state index in [-0.39, 0.29) is 23.4 Å². The summed E-state index contributed by atoms with van der Waals surface area (Å²) < 4.78 is 5.22. The van der Waals surface area contributed by atoms with Crippen LogP contribution < -0.4 is 10.2 Å². The molecule has 6 heteroatoms. The molecular weight excluding hydrogens is 390 g/mol. The number of nitrogens with one attached hydrogen (secondary N) is 1. The van der Waals surface area contributed by atoms with Gasteiger partial charge in [-0.3, -0.25) is 10.2 Å². The minimum atomic E-state index is -0.237. The highest BCUT2D eigenvalue weighted by Gasteiger charge is 2.37. The Balaban J connectivity index is 1.72. The maximum absolute atomic E-state index is 13.0. The van der Waals surface area contributed by atoms with Gasteiger partial charge < -0.3 is 9.64 Å². The van der Waals surface area contributed by atoms with Crippen molar-refractivity contribution in [3.05, 3.63) is 65.2 Å². The minimum Gasteiger partial charge on any atom is -0.497 e. The molecule has 0 saturated carbocycles. The van der Waals surface area contributed by atoms with E-state index in [0.29, 0.717) is 13.1 Å². The monoisotopic (exact) mass is 423 g/mol. The summed E-state index contributed by atoms with van der Waals surface area (Å²) in [6, 6.07) is 16.4. The SMILES string of the molecule is COc1ccc(CCN2C(=O)N(NC(C)=O)CC2Cc2ccc(C(C)(C)C)cc2)cc1. The van der Waals surface area contributed by atoms with Crippen LogP contribution >= 0.6 is 0 Å². The van der Waals surface area contributed by atoms with Gasteiger partial charge >= 0.3 is 6.03 Å². The lowest BCUT2D eigenvalue weighted by atomic mass is 9.86. The molecule has 1 N–H and O–H groups in total. The molecule has 1 atom stereocenters. The van der Waals surface area contributed by atoms with Gasteiger partial charge in [0.05, 0.1) is 19.7 Å². The second kappa shape index (κ2) is 9.41. The van der Waals surface area contributed by atoms with Crippen molar-refractivity contribution in [2.24, 2.45) is 0 Å². The summed E-state index contributed by atoms with van der Waals surface area (Å²) in [4.78, 5) is 26.4. The van der Waals surface area contributed by atoms with Gasteiger partial charge in [-0.05, 0) is 47.1 Å². The van der Waals surface area contributed by atoms with Crippen molar-refractivity contribution < 1.29 is 14.3 Å². The fraction of sp³-hybridized carbons (Fsp3) is 0.440. The largest absolute Gasteiger partial charge is 0.497 e. The third-order valence-electron chi connectivity index (χ3n) is 5.69. The van der Waals surface area contributed by atoms with E-state index in [9.17, 15) is 9.59 Å². The number of rotatable bonds is 7. The summed E-state index contributed by atoms with van der Waals surface area (Å²) >= 11 is 0. The molecule has 1 aliphatic heterocycles. The third-order valence-corrected chi connectivity index (χ3v) is 5.69. The molecule has 0 bridgehead atoms. The van der Waals surface area contributed by atoms with Gasteiger partial charge in [-0.25, -0.2) is 9.80 Å². The van der Waals surface area contributed by atoms with Crippen LogP contribution in [0, 0.1) is 0 Å². The molecule has 0 radical (unpaired) electrons. The minimum absolute atomic E-state index is 0.00177. The van der Waals surface area contributed by atoms with E-state index in [2.05, 4.69) is 50.5 Å². The van der Waals surface area contributed by atoms with E-state index in [1.54, 1.807) is 7.11 Å². The molecule has 1 aliphatic rings. The molecule has 166 valence electrons. The molecule has 1 heterocycles. The summed E-state index contributed by atoms with van der Waals surface area (Å²) in [5, 5.41) is 1.44. The average Bonchev–Trinajstić information content (AvgIpc) is 3.00. The quantitative estimate of drug-likeness (QED) is 0.734. The van der Waals surface area contributed by atoms with Crippen molar-refractivity contribution in [1.29, 1.82) is 0 Å². The van der Waals surface area contributed by atoms with Crippen molar-refractivity contribution in [2.45, 2.75) is 52.0 Å². The van der Waals surface area contributed by atoms with Crippen molar-refractivity contribution in [1.82, 2.24) is 15.3 Å². The highest BCUT2D eigenvalue weighted by atomic mass is 16.5. The lowest BCUT2D eigenvalue weighted by molar-refractivity contribution is -0.122. The third kappa shape index (κ3) is 5.78. The highest BCUT2D eigenvalue weighted by Crippen LogP contribution is 2.24. The van der Waals surface area contributed by atoms with E-state index in [4.69, 9.17) is 4.74 Å². The molecule has 0 aromatic heterocycles. The zero-order chi connectivity index (χ0) is 22.6. The fourth-order valence-electron chi connectivity index (χ4n) is 3.89. The highest BCUT2D eigenvalue weighted by molar-refractivity contribution is 5.81. The number of hydrazine groups is 1. The number of hydrogen-bond donors (Lipinski definition) is 1. The Bertz CT molecular complexity index is 901. The number of ether oxygens (including phenoxy) is 1. The van der Waals surface area contributed by atoms with Crippen LogP contribution in [0.4, 0.5) is 4.79 Å². The van der Waals surface area contributed by atoms with Gasteiger partial charge in [-0.2, -0.15) is 0 Å². The molecule has 1 unspecified atom stereocenters. The first-order valence-electron chi connectivity index (χ1n) is 10.7. The maximum Gasteiger partial charge on any atom is 0.339 e. The molecular formula is C25H33N3O3. The topological polar surface area (TPSA) is 61.9 Å². The van der Waals surface area contributed by atoms with Crippen LogP contribution in [-0.4, -0.2) is 48.1 Å². The van der Waals surface area contributed by atoms with Crippen LogP contribution in [0.25, 0.3) is 0 Å². The molecule has 2 aromatic carbocycles. The Kier molecular flexibility index (Phi) is 6.88. The predicted octanol–water partition coefficient (Wildman–Crippen LogP) is 3.94. The number of hydrogen-bond acceptors (Lipinski definition) is 3. The molecule has 3 rings (SSSR count). The van der Waals surface area contributed by atoms with E-state index in [0.717, 1.165) is 24.2 Å². The van der Waals surface area contributed by atoms with Gasteiger partial charge in [0.15, 0.2) is 0 Å². The smallest absolute Gasteiger partial charge is 0.339 e. The number of methoxy groups -OCH3 is 1. The molecule has 6 nitrogen and oxygen atoms in total. The Morgan fingerprint density at radius 2 is 1.68 bits per heavy atom. The first-order chi connectivity index (χ1) is 14.7. The van der Waals surface area contributed by atoms with Crippen LogP contribution in [0.2, 0.25) is 0 Å². The van der Waals surface area contributed by atoms with Gasteiger partial charge in [0.1, 0.15) is 5.75 Å². The molecule has 0 spiro atoms. The molecule has 1 saturated heterocycles. The summed E-state index contributed by atoms with van der Waals surface area (Å²) in [5.41, 5.74) is 6.38. The van der Waals surface area contributed by atoms with Crippen molar-refractivity contribution in [3.63, 3.8) is 0 Å². The van der Waals surface area contributed by atoms with Gasteiger partial charge in [-0.1, -0.05) is 57.2 Å². The van der Waals surface area contributed by atoms with E-state index >= 15 is 0 Å². The summed E-state index contributed by atoms with van der Waals surface area (Å²) in [7, 11) is 1.65. The molecule has 3 amide bonds. The molecule has 1 fully saturated rings. The Morgan fingerprint density at radius 3 is 2.23 bits per heavy atom. The molecule has 31 heavy (non-hydrogen) atoms. The Morgan fingerprint density at radius 1 is 1.06 bits per heavy atom. The van der Waals surface area contributed by atoms with Crippen LogP contribution in [0.1, 0.15) is 44.4 Å². The zero-order valence-electron chi connectivity index (χ0n) is 19.1. The maximum atomic E-state index is 13.0. The first kappa shape index (κ1) is 22.7. The summed E-state index contributed by atoms with van der Waals surface area (Å²) in [6.07, 6.45) is 1.48. The van der Waals surface area contributed by atoms with E-state index in [1.807, 2.05) is 29.2 Å². The van der Waals surface area contributed by atoms with Gasteiger partial charge in [-0.15, -0.1) is 0 Å². The van der Waals surface area contributed by atoms with Gasteiger partial charge in [0, 0.05) is 13.5 Å². The van der Waals surface area contributed by atoms with E-state index < -0.39 is 0 Å². The van der Waals surface area contributed by atoms with Gasteiger partial charge in [0.2, 0.25) is 5.91 Å². The number of nitrogens with zero attached hydrogens (tertiary/aromatic N) is 2. The second-order valence-corrected chi connectivity index (χ2v) is 9.16. The van der Waals surface area contributed by atoms with Crippen molar-refractivity contribution in [2.75, 3.05) is 20.2 Å². The van der Waals surface area contributed by atoms with Crippen LogP contribution in [0.3, 0.4) is 0 Å². The zero-order valence-corrected chi connectivity index (χ0v) is 19.1. The first-order valence-corrected chi connectivity index (χ1v) is 10.7. The number of amides is 3. The normalized spacial score (nSPS) is 16.5. The van der Waals surface area contributed by atoms with Crippen LogP contribution in [0.15, 0.2) is 48.5 Å². The lowest BCUT2D eigenvalue weighted by Crippen LogP contribution is -2.44. The standard InChI is InChI=1S/C25H33N3O3/c1-18(29)26-28-17-22(16-20-6-10-21(11-7-20)25(2,3)4)27(24(28)30)15-14-19-8-12-23(31-5)13-9-19/h6-13,22H,14-17H2,1-5H3,(H,26,29). The summed E-state index contributed by atoms with van der Waals surface area (Å²) in [6.45, 7) is 9.08. The van der Waals surface area contributed by atoms with Gasteiger partial charge in [0.25, 0.3) is 0 Å². The second-order valence-electron chi connectivity index (χ2n) is 9.16. The number of carbonyl (C=O) groups excluding carboxylic acids is 2. The van der Waals surface area contributed by atoms with E-state index in [1.165, 1.54) is 23.1 Å². The van der Waals surface area contributed by atoms with Crippen LogP contribution in [-0.2, 0) is 23.1 Å². The predicted molar refractivity (Wildman–Crippen MR) is 122 cm³/mol. The molecule has 2 aromatic rings.